The van der Waals surface area contributed by atoms with Gasteiger partial charge in [0.15, 0.2) is 0 Å². The fourth-order valence-electron chi connectivity index (χ4n) is 2.91. The average Bonchev–Trinajstić information content (AvgIpc) is 2.56. The maximum atomic E-state index is 14.1. The average molecular weight is 394 g/mol. The molecule has 0 unspecified atom stereocenters. The van der Waals surface area contributed by atoms with Crippen LogP contribution in [0.3, 0.4) is 0 Å². The number of nitrogens with one attached hydrogen (secondary N) is 2. The molecule has 27 heavy (non-hydrogen) atoms. The summed E-state index contributed by atoms with van der Waals surface area (Å²) in [5, 5.41) is 2.38. The summed E-state index contributed by atoms with van der Waals surface area (Å²) in [5.41, 5.74) is -0.397. The van der Waals surface area contributed by atoms with Gasteiger partial charge in [-0.05, 0) is 69.0 Å². The molecule has 5 nitrogen and oxygen atoms in total. The lowest BCUT2D eigenvalue weighted by molar-refractivity contribution is 0.102. The van der Waals surface area contributed by atoms with Crippen molar-refractivity contribution >= 4 is 21.6 Å². The summed E-state index contributed by atoms with van der Waals surface area (Å²) >= 11 is 0. The topological polar surface area (TPSA) is 75.3 Å². The van der Waals surface area contributed by atoms with Gasteiger partial charge in [0.2, 0.25) is 10.0 Å². The second-order valence-electron chi connectivity index (χ2n) is 7.08. The van der Waals surface area contributed by atoms with E-state index < -0.39 is 38.7 Å². The van der Waals surface area contributed by atoms with Gasteiger partial charge in [0.25, 0.3) is 5.91 Å². The van der Waals surface area contributed by atoms with Crippen molar-refractivity contribution in [3.8, 4) is 0 Å². The van der Waals surface area contributed by atoms with Crippen molar-refractivity contribution in [2.75, 3.05) is 5.32 Å². The number of hydrogen-bond donors (Lipinski definition) is 2. The zero-order valence-electron chi connectivity index (χ0n) is 15.0. The van der Waals surface area contributed by atoms with E-state index in [1.807, 2.05) is 0 Å². The molecule has 0 aliphatic heterocycles. The van der Waals surface area contributed by atoms with Gasteiger partial charge in [-0.15, -0.1) is 0 Å². The molecule has 3 rings (SSSR count). The Labute approximate surface area is 156 Å². The van der Waals surface area contributed by atoms with E-state index in [-0.39, 0.29) is 10.6 Å². The van der Waals surface area contributed by atoms with E-state index in [0.29, 0.717) is 5.56 Å². The second-order valence-corrected chi connectivity index (χ2v) is 8.76. The largest absolute Gasteiger partial charge is 0.322 e. The molecule has 0 radical (unpaired) electrons. The number of anilines is 1. The monoisotopic (exact) mass is 394 g/mol. The van der Waals surface area contributed by atoms with Crippen LogP contribution in [0, 0.1) is 18.6 Å². The van der Waals surface area contributed by atoms with Crippen molar-refractivity contribution in [3.05, 3.63) is 59.2 Å². The zero-order chi connectivity index (χ0) is 19.8. The molecule has 1 aliphatic rings. The van der Waals surface area contributed by atoms with Crippen LogP contribution in [0.25, 0.3) is 0 Å². The Morgan fingerprint density at radius 2 is 1.78 bits per heavy atom. The lowest BCUT2D eigenvalue weighted by Gasteiger charge is -2.38. The maximum absolute atomic E-state index is 14.1. The molecule has 0 heterocycles. The van der Waals surface area contributed by atoms with Crippen LogP contribution in [-0.4, -0.2) is 19.9 Å². The van der Waals surface area contributed by atoms with Gasteiger partial charge in [-0.25, -0.2) is 21.9 Å². The quantitative estimate of drug-likeness (QED) is 0.811. The van der Waals surface area contributed by atoms with Gasteiger partial charge in [-0.3, -0.25) is 4.79 Å². The summed E-state index contributed by atoms with van der Waals surface area (Å²) in [6, 6.07) is 7.11. The lowest BCUT2D eigenvalue weighted by Crippen LogP contribution is -2.50. The van der Waals surface area contributed by atoms with Crippen molar-refractivity contribution in [1.29, 1.82) is 0 Å². The third-order valence-electron chi connectivity index (χ3n) is 4.76. The maximum Gasteiger partial charge on any atom is 0.258 e. The van der Waals surface area contributed by atoms with Gasteiger partial charge in [0.05, 0.1) is 10.5 Å². The minimum atomic E-state index is -3.89. The van der Waals surface area contributed by atoms with E-state index >= 15 is 0 Å². The molecule has 8 heteroatoms. The van der Waals surface area contributed by atoms with E-state index in [9.17, 15) is 22.0 Å². The molecular formula is C19H20F2N2O3S. The SMILES string of the molecule is Cc1ccc(NC(=O)c2cc(S(=O)(=O)NC3(C)CCC3)ccc2F)cc1F. The molecule has 1 fully saturated rings. The van der Waals surface area contributed by atoms with Gasteiger partial charge in [-0.2, -0.15) is 0 Å². The fraction of sp³-hybridized carbons (Fsp3) is 0.316. The molecular weight excluding hydrogens is 374 g/mol. The van der Waals surface area contributed by atoms with E-state index in [1.165, 1.54) is 12.1 Å². The smallest absolute Gasteiger partial charge is 0.258 e. The van der Waals surface area contributed by atoms with Crippen LogP contribution in [0.2, 0.25) is 0 Å². The van der Waals surface area contributed by atoms with E-state index in [0.717, 1.165) is 43.5 Å². The third kappa shape index (κ3) is 4.17. The van der Waals surface area contributed by atoms with Crippen molar-refractivity contribution in [2.24, 2.45) is 0 Å². The summed E-state index contributed by atoms with van der Waals surface area (Å²) in [5.74, 6) is -2.24. The number of carbonyl (C=O) groups is 1. The van der Waals surface area contributed by atoms with Crippen molar-refractivity contribution in [3.63, 3.8) is 0 Å². The number of rotatable bonds is 5. The summed E-state index contributed by atoms with van der Waals surface area (Å²) in [7, 11) is -3.89. The predicted octanol–water partition coefficient (Wildman–Crippen LogP) is 3.75. The first-order valence-electron chi connectivity index (χ1n) is 8.51. The number of hydrogen-bond acceptors (Lipinski definition) is 3. The molecule has 0 saturated heterocycles. The van der Waals surface area contributed by atoms with Crippen LogP contribution < -0.4 is 10.0 Å². The second kappa shape index (κ2) is 7.01. The Kier molecular flexibility index (Phi) is 5.05. The first-order valence-corrected chi connectivity index (χ1v) is 9.99. The van der Waals surface area contributed by atoms with Gasteiger partial charge < -0.3 is 5.32 Å². The number of aryl methyl sites for hydroxylation is 1. The highest BCUT2D eigenvalue weighted by atomic mass is 32.2. The highest BCUT2D eigenvalue weighted by molar-refractivity contribution is 7.89. The minimum Gasteiger partial charge on any atom is -0.322 e. The molecule has 0 spiro atoms. The van der Waals surface area contributed by atoms with Gasteiger partial charge in [-0.1, -0.05) is 6.07 Å². The van der Waals surface area contributed by atoms with Crippen LogP contribution in [0.5, 0.6) is 0 Å². The number of sulfonamides is 1. The Morgan fingerprint density at radius 1 is 1.07 bits per heavy atom. The molecule has 2 aromatic rings. The zero-order valence-corrected chi connectivity index (χ0v) is 15.8. The van der Waals surface area contributed by atoms with Crippen molar-refractivity contribution < 1.29 is 22.0 Å². The summed E-state index contributed by atoms with van der Waals surface area (Å²) in [6.45, 7) is 3.38. The summed E-state index contributed by atoms with van der Waals surface area (Å²) in [4.78, 5) is 12.2. The Hall–Kier alpha value is -2.32. The van der Waals surface area contributed by atoms with Gasteiger partial charge >= 0.3 is 0 Å². The van der Waals surface area contributed by atoms with Gasteiger partial charge in [0.1, 0.15) is 11.6 Å². The highest BCUT2D eigenvalue weighted by Gasteiger charge is 2.36. The fourth-order valence-corrected chi connectivity index (χ4v) is 4.40. The molecule has 1 aliphatic carbocycles. The van der Waals surface area contributed by atoms with E-state index in [1.54, 1.807) is 13.8 Å². The molecule has 0 atom stereocenters. The number of carbonyl (C=O) groups excluding carboxylic acids is 1. The number of halogens is 2. The molecule has 0 aromatic heterocycles. The van der Waals surface area contributed by atoms with Gasteiger partial charge in [0, 0.05) is 11.2 Å². The van der Waals surface area contributed by atoms with Crippen LogP contribution >= 0.6 is 0 Å². The Morgan fingerprint density at radius 3 is 2.37 bits per heavy atom. The normalized spacial score (nSPS) is 15.9. The minimum absolute atomic E-state index is 0.149. The first-order chi connectivity index (χ1) is 12.6. The van der Waals surface area contributed by atoms with Crippen LogP contribution in [0.1, 0.15) is 42.1 Å². The molecule has 144 valence electrons. The predicted molar refractivity (Wildman–Crippen MR) is 98.1 cm³/mol. The molecule has 0 bridgehead atoms. The molecule has 2 aromatic carbocycles. The molecule has 2 N–H and O–H groups in total. The van der Waals surface area contributed by atoms with Crippen molar-refractivity contribution in [2.45, 2.75) is 43.5 Å². The van der Waals surface area contributed by atoms with E-state index in [2.05, 4.69) is 10.0 Å². The Bertz CT molecular complexity index is 1000. The standard InChI is InChI=1S/C19H20F2N2O3S/c1-12-4-5-13(10-17(12)21)22-18(24)15-11-14(6-7-16(15)20)27(25,26)23-19(2)8-3-9-19/h4-7,10-11,23H,3,8-9H2,1-2H3,(H,22,24). The van der Waals surface area contributed by atoms with Crippen LogP contribution in [0.15, 0.2) is 41.3 Å². The summed E-state index contributed by atoms with van der Waals surface area (Å²) in [6.07, 6.45) is 2.38. The molecule has 1 saturated carbocycles. The van der Waals surface area contributed by atoms with Crippen molar-refractivity contribution in [1.82, 2.24) is 4.72 Å². The third-order valence-corrected chi connectivity index (χ3v) is 6.40. The summed E-state index contributed by atoms with van der Waals surface area (Å²) < 4.78 is 55.4. The first kappa shape index (κ1) is 19.4. The molecule has 1 amide bonds. The Balaban J connectivity index is 1.86. The van der Waals surface area contributed by atoms with E-state index in [4.69, 9.17) is 0 Å². The number of benzene rings is 2. The highest BCUT2D eigenvalue weighted by Crippen LogP contribution is 2.32. The number of amides is 1. The van der Waals surface area contributed by atoms with Crippen LogP contribution in [-0.2, 0) is 10.0 Å². The van der Waals surface area contributed by atoms with Crippen LogP contribution in [0.4, 0.5) is 14.5 Å². The lowest BCUT2D eigenvalue weighted by atomic mass is 9.80.